The zero-order chi connectivity index (χ0) is 11.5. The highest BCUT2D eigenvalue weighted by atomic mass is 15.4. The molecule has 0 fully saturated rings. The SMILES string of the molecule is CCn1c(C)cc(/C=N\n2cnnc2)c1C. The molecule has 0 N–H and O–H groups in total. The molecule has 0 bridgehead atoms. The standard InChI is InChI=1S/C11H15N5/c1-4-16-9(2)5-11(10(16)3)6-14-15-7-12-13-8-15/h5-8H,4H2,1-3H3/b14-6-. The topological polar surface area (TPSA) is 48.0 Å². The summed E-state index contributed by atoms with van der Waals surface area (Å²) in [6.07, 6.45) is 4.96. The van der Waals surface area contributed by atoms with E-state index in [1.54, 1.807) is 17.3 Å². The van der Waals surface area contributed by atoms with Crippen LogP contribution in [-0.4, -0.2) is 25.7 Å². The van der Waals surface area contributed by atoms with Gasteiger partial charge in [-0.25, -0.2) is 4.68 Å². The highest BCUT2D eigenvalue weighted by Gasteiger charge is 2.05. The molecule has 2 aromatic rings. The lowest BCUT2D eigenvalue weighted by molar-refractivity contribution is 0.718. The fraction of sp³-hybridized carbons (Fsp3) is 0.364. The van der Waals surface area contributed by atoms with Crippen molar-refractivity contribution in [1.29, 1.82) is 0 Å². The largest absolute Gasteiger partial charge is 0.349 e. The van der Waals surface area contributed by atoms with Crippen LogP contribution in [0, 0.1) is 13.8 Å². The molecule has 0 aliphatic rings. The van der Waals surface area contributed by atoms with E-state index in [4.69, 9.17) is 0 Å². The molecule has 2 heterocycles. The first-order valence-electron chi connectivity index (χ1n) is 5.28. The number of aryl methyl sites for hydroxylation is 1. The van der Waals surface area contributed by atoms with Crippen molar-refractivity contribution >= 4 is 6.21 Å². The van der Waals surface area contributed by atoms with Crippen LogP contribution in [0.3, 0.4) is 0 Å². The van der Waals surface area contributed by atoms with Crippen LogP contribution in [0.4, 0.5) is 0 Å². The number of aromatic nitrogens is 4. The normalized spacial score (nSPS) is 11.4. The second-order valence-corrected chi connectivity index (χ2v) is 3.66. The Labute approximate surface area is 94.4 Å². The molecular formula is C11H15N5. The Bertz CT molecular complexity index is 493. The van der Waals surface area contributed by atoms with Gasteiger partial charge in [-0.15, -0.1) is 10.2 Å². The predicted octanol–water partition coefficient (Wildman–Crippen LogP) is 1.60. The van der Waals surface area contributed by atoms with Crippen molar-refractivity contribution in [2.75, 3.05) is 0 Å². The van der Waals surface area contributed by atoms with Crippen LogP contribution < -0.4 is 0 Å². The molecule has 5 heteroatoms. The van der Waals surface area contributed by atoms with E-state index in [2.05, 4.69) is 46.7 Å². The van der Waals surface area contributed by atoms with E-state index in [0.29, 0.717) is 0 Å². The van der Waals surface area contributed by atoms with E-state index in [1.165, 1.54) is 11.4 Å². The fourth-order valence-corrected chi connectivity index (χ4v) is 1.83. The van der Waals surface area contributed by atoms with Crippen molar-refractivity contribution in [2.45, 2.75) is 27.3 Å². The smallest absolute Gasteiger partial charge is 0.141 e. The maximum Gasteiger partial charge on any atom is 0.141 e. The Balaban J connectivity index is 2.28. The van der Waals surface area contributed by atoms with Crippen molar-refractivity contribution in [1.82, 2.24) is 19.4 Å². The van der Waals surface area contributed by atoms with Gasteiger partial charge in [-0.3, -0.25) is 0 Å². The molecule has 0 aromatic carbocycles. The summed E-state index contributed by atoms with van der Waals surface area (Å²) in [6, 6.07) is 2.13. The van der Waals surface area contributed by atoms with Crippen LogP contribution in [0.15, 0.2) is 23.8 Å². The summed E-state index contributed by atoms with van der Waals surface area (Å²) in [5, 5.41) is 11.6. The molecule has 0 atom stereocenters. The first-order chi connectivity index (χ1) is 7.72. The molecule has 84 valence electrons. The van der Waals surface area contributed by atoms with Gasteiger partial charge in [0.1, 0.15) is 12.7 Å². The molecule has 5 nitrogen and oxygen atoms in total. The number of nitrogens with zero attached hydrogens (tertiary/aromatic N) is 5. The van der Waals surface area contributed by atoms with Gasteiger partial charge >= 0.3 is 0 Å². The van der Waals surface area contributed by atoms with Crippen molar-refractivity contribution in [3.05, 3.63) is 35.7 Å². The van der Waals surface area contributed by atoms with E-state index in [0.717, 1.165) is 12.1 Å². The van der Waals surface area contributed by atoms with Crippen LogP contribution in [-0.2, 0) is 6.54 Å². The molecular weight excluding hydrogens is 202 g/mol. The van der Waals surface area contributed by atoms with Crippen molar-refractivity contribution in [3.8, 4) is 0 Å². The van der Waals surface area contributed by atoms with Crippen LogP contribution in [0.5, 0.6) is 0 Å². The number of hydrogen-bond donors (Lipinski definition) is 0. The van der Waals surface area contributed by atoms with Gasteiger partial charge < -0.3 is 4.57 Å². The van der Waals surface area contributed by atoms with Crippen molar-refractivity contribution < 1.29 is 0 Å². The third kappa shape index (κ3) is 1.88. The lowest BCUT2D eigenvalue weighted by Crippen LogP contribution is -1.99. The monoisotopic (exact) mass is 217 g/mol. The van der Waals surface area contributed by atoms with Crippen molar-refractivity contribution in [3.63, 3.8) is 0 Å². The molecule has 2 rings (SSSR count). The zero-order valence-electron chi connectivity index (χ0n) is 9.75. The number of rotatable bonds is 3. The van der Waals surface area contributed by atoms with E-state index in [1.807, 2.05) is 6.21 Å². The van der Waals surface area contributed by atoms with E-state index >= 15 is 0 Å². The summed E-state index contributed by atoms with van der Waals surface area (Å²) >= 11 is 0. The molecule has 0 aliphatic carbocycles. The summed E-state index contributed by atoms with van der Waals surface area (Å²) in [6.45, 7) is 7.33. The fourth-order valence-electron chi connectivity index (χ4n) is 1.83. The third-order valence-corrected chi connectivity index (χ3v) is 2.67. The van der Waals surface area contributed by atoms with E-state index in [-0.39, 0.29) is 0 Å². The summed E-state index contributed by atoms with van der Waals surface area (Å²) in [7, 11) is 0. The zero-order valence-corrected chi connectivity index (χ0v) is 9.75. The molecule has 0 spiro atoms. The molecule has 0 saturated heterocycles. The molecule has 0 unspecified atom stereocenters. The minimum Gasteiger partial charge on any atom is -0.349 e. The van der Waals surface area contributed by atoms with Crippen LogP contribution in [0.2, 0.25) is 0 Å². The minimum absolute atomic E-state index is 0.984. The first kappa shape index (κ1) is 10.6. The highest BCUT2D eigenvalue weighted by molar-refractivity contribution is 5.81. The van der Waals surface area contributed by atoms with Crippen LogP contribution in [0.25, 0.3) is 0 Å². The maximum atomic E-state index is 4.24. The van der Waals surface area contributed by atoms with Gasteiger partial charge in [0.25, 0.3) is 0 Å². The minimum atomic E-state index is 0.984. The van der Waals surface area contributed by atoms with Gasteiger partial charge in [0, 0.05) is 23.5 Å². The van der Waals surface area contributed by atoms with Gasteiger partial charge in [-0.2, -0.15) is 5.10 Å². The lowest BCUT2D eigenvalue weighted by Gasteiger charge is -2.04. The molecule has 0 radical (unpaired) electrons. The second kappa shape index (κ2) is 4.30. The second-order valence-electron chi connectivity index (χ2n) is 3.66. The predicted molar refractivity (Wildman–Crippen MR) is 62.6 cm³/mol. The molecule has 16 heavy (non-hydrogen) atoms. The van der Waals surface area contributed by atoms with Gasteiger partial charge in [-0.1, -0.05) is 0 Å². The van der Waals surface area contributed by atoms with Gasteiger partial charge in [0.15, 0.2) is 0 Å². The maximum absolute atomic E-state index is 4.24. The third-order valence-electron chi connectivity index (χ3n) is 2.67. The van der Waals surface area contributed by atoms with E-state index < -0.39 is 0 Å². The van der Waals surface area contributed by atoms with Crippen molar-refractivity contribution in [2.24, 2.45) is 5.10 Å². The Morgan fingerprint density at radius 2 is 2.00 bits per heavy atom. The number of hydrogen-bond acceptors (Lipinski definition) is 3. The average molecular weight is 217 g/mol. The Morgan fingerprint density at radius 1 is 1.31 bits per heavy atom. The summed E-state index contributed by atoms with van der Waals surface area (Å²) in [4.78, 5) is 0. The Hall–Kier alpha value is -1.91. The average Bonchev–Trinajstić information content (AvgIpc) is 2.85. The quantitative estimate of drug-likeness (QED) is 0.733. The summed E-state index contributed by atoms with van der Waals surface area (Å²) < 4.78 is 3.84. The van der Waals surface area contributed by atoms with Crippen LogP contribution in [0.1, 0.15) is 23.9 Å². The molecule has 0 amide bonds. The Morgan fingerprint density at radius 3 is 2.56 bits per heavy atom. The van der Waals surface area contributed by atoms with Crippen LogP contribution >= 0.6 is 0 Å². The Kier molecular flexibility index (Phi) is 2.85. The summed E-state index contributed by atoms with van der Waals surface area (Å²) in [5.74, 6) is 0. The first-order valence-corrected chi connectivity index (χ1v) is 5.28. The van der Waals surface area contributed by atoms with Gasteiger partial charge in [0.2, 0.25) is 0 Å². The highest BCUT2D eigenvalue weighted by Crippen LogP contribution is 2.12. The molecule has 2 aromatic heterocycles. The van der Waals surface area contributed by atoms with Gasteiger partial charge in [-0.05, 0) is 26.8 Å². The molecule has 0 aliphatic heterocycles. The molecule has 0 saturated carbocycles. The summed E-state index contributed by atoms with van der Waals surface area (Å²) in [5.41, 5.74) is 3.62. The lowest BCUT2D eigenvalue weighted by atomic mass is 10.3. The van der Waals surface area contributed by atoms with E-state index in [9.17, 15) is 0 Å². The van der Waals surface area contributed by atoms with Gasteiger partial charge in [0.05, 0.1) is 6.21 Å².